The molecule has 4 aliphatic heterocycles. The van der Waals surface area contributed by atoms with E-state index in [1.807, 2.05) is 6.92 Å². The molecule has 9 aliphatic rings. The fourth-order valence-corrected chi connectivity index (χ4v) is 13.8. The van der Waals surface area contributed by atoms with Crippen molar-refractivity contribution in [2.75, 3.05) is 6.61 Å². The number of ether oxygens (including phenoxy) is 6. The molecule has 0 unspecified atom stereocenters. The van der Waals surface area contributed by atoms with Crippen molar-refractivity contribution in [3.63, 3.8) is 0 Å². The summed E-state index contributed by atoms with van der Waals surface area (Å²) in [5, 5.41) is 41.7. The van der Waals surface area contributed by atoms with Crippen molar-refractivity contribution in [3.8, 4) is 0 Å². The number of rotatable bonds is 3. The molecule has 0 aromatic rings. The lowest BCUT2D eigenvalue weighted by Crippen LogP contribution is -2.61. The highest BCUT2D eigenvalue weighted by Crippen LogP contribution is 2.88. The van der Waals surface area contributed by atoms with Crippen LogP contribution in [0.1, 0.15) is 93.4 Å². The van der Waals surface area contributed by atoms with Gasteiger partial charge in [-0.1, -0.05) is 46.3 Å². The van der Waals surface area contributed by atoms with E-state index in [1.54, 1.807) is 0 Å². The van der Waals surface area contributed by atoms with Gasteiger partial charge in [-0.3, -0.25) is 4.79 Å². The molecule has 5 aliphatic carbocycles. The molecule has 48 heavy (non-hydrogen) atoms. The average Bonchev–Trinajstić information content (AvgIpc) is 3.84. The van der Waals surface area contributed by atoms with E-state index >= 15 is 0 Å². The summed E-state index contributed by atoms with van der Waals surface area (Å²) in [7, 11) is 0. The van der Waals surface area contributed by atoms with Crippen LogP contribution >= 0.6 is 0 Å². The quantitative estimate of drug-likeness (QED) is 0.198. The molecule has 4 saturated heterocycles. The second-order valence-corrected chi connectivity index (χ2v) is 18.5. The topological polar surface area (TPSA) is 157 Å². The Labute approximate surface area is 282 Å². The second kappa shape index (κ2) is 9.63. The number of epoxide rings is 1. The van der Waals surface area contributed by atoms with E-state index in [-0.39, 0.29) is 75.9 Å². The SMILES string of the molecule is CC(=O)O[C@@H]1C[C@@]23C[C@@]24CC[C@H](O[C@@H]2OC[C@@H](O)[C@H](O)[C@H]2O)C(C)(C)[C@H]4CC=C3[C@]2(C)C[C@@H]3O[C@]4(C[C@@H](C)[C@@H]3[C@@]12C)O[C@H](O)[C@]1(C)O[C@H]41. The highest BCUT2D eigenvalue weighted by molar-refractivity contribution is 5.66. The number of fused-ring (bicyclic) bond motifs is 6. The summed E-state index contributed by atoms with van der Waals surface area (Å²) >= 11 is 0. The Hall–Kier alpha value is -1.15. The van der Waals surface area contributed by atoms with Gasteiger partial charge in [0.05, 0.1) is 18.8 Å². The largest absolute Gasteiger partial charge is 0.462 e. The lowest BCUT2D eigenvalue weighted by molar-refractivity contribution is -0.345. The molecule has 0 aromatic heterocycles. The fourth-order valence-electron chi connectivity index (χ4n) is 13.8. The van der Waals surface area contributed by atoms with Crippen molar-refractivity contribution in [3.05, 3.63) is 11.6 Å². The molecule has 9 rings (SSSR count). The monoisotopic (exact) mass is 674 g/mol. The predicted molar refractivity (Wildman–Crippen MR) is 168 cm³/mol. The van der Waals surface area contributed by atoms with Crippen molar-refractivity contribution in [1.82, 2.24) is 0 Å². The molecule has 3 spiro atoms. The van der Waals surface area contributed by atoms with E-state index in [1.165, 1.54) is 12.5 Å². The maximum Gasteiger partial charge on any atom is 0.302 e. The molecule has 4 N–H and O–H groups in total. The molecule has 0 radical (unpaired) electrons. The maximum absolute atomic E-state index is 12.9. The third-order valence-electron chi connectivity index (χ3n) is 16.1. The van der Waals surface area contributed by atoms with Crippen LogP contribution in [0.3, 0.4) is 0 Å². The second-order valence-electron chi connectivity index (χ2n) is 18.5. The molecule has 0 aromatic carbocycles. The Kier molecular flexibility index (Phi) is 6.57. The molecule has 4 heterocycles. The summed E-state index contributed by atoms with van der Waals surface area (Å²) in [5.74, 6) is -0.600. The van der Waals surface area contributed by atoms with Gasteiger partial charge in [0, 0.05) is 29.6 Å². The summed E-state index contributed by atoms with van der Waals surface area (Å²) in [6.45, 7) is 14.9. The molecule has 4 saturated carbocycles. The van der Waals surface area contributed by atoms with Crippen molar-refractivity contribution < 1.29 is 53.6 Å². The summed E-state index contributed by atoms with van der Waals surface area (Å²) in [4.78, 5) is 12.9. The van der Waals surface area contributed by atoms with Crippen molar-refractivity contribution >= 4 is 5.97 Å². The van der Waals surface area contributed by atoms with Gasteiger partial charge in [-0.25, -0.2) is 0 Å². The number of allylic oxidation sites excluding steroid dienone is 2. The average molecular weight is 675 g/mol. The fraction of sp³-hybridized carbons (Fsp3) is 0.919. The first-order chi connectivity index (χ1) is 22.4. The number of hydrogen-bond donors (Lipinski definition) is 4. The van der Waals surface area contributed by atoms with Gasteiger partial charge in [-0.05, 0) is 74.0 Å². The van der Waals surface area contributed by atoms with Crippen LogP contribution in [0, 0.1) is 44.8 Å². The maximum atomic E-state index is 12.9. The first-order valence-electron chi connectivity index (χ1n) is 18.3. The molecule has 0 bridgehead atoms. The van der Waals surface area contributed by atoms with E-state index in [0.717, 1.165) is 38.5 Å². The van der Waals surface area contributed by atoms with Crippen LogP contribution in [0.5, 0.6) is 0 Å². The summed E-state index contributed by atoms with van der Waals surface area (Å²) in [6.07, 6.45) is 1.68. The van der Waals surface area contributed by atoms with E-state index in [0.29, 0.717) is 12.3 Å². The molecule has 8 fully saturated rings. The number of carbonyl (C=O) groups excluding carboxylic acids is 1. The number of carbonyl (C=O) groups is 1. The third kappa shape index (κ3) is 3.69. The Morgan fingerprint density at radius 2 is 1.71 bits per heavy atom. The van der Waals surface area contributed by atoms with Gasteiger partial charge >= 0.3 is 5.97 Å². The van der Waals surface area contributed by atoms with E-state index in [9.17, 15) is 25.2 Å². The standard InChI is InChI=1S/C37H54O11/c1-17-12-37(29-34(7,47-29)30(42)48-37)46-20-13-32(5)22-9-8-21-31(3,4)23(45-28-27(41)26(40)19(39)15-43-28)10-11-35(21)16-36(22,35)14-24(44-18(2)38)33(32,6)25(17)20/h9,17,19-21,23-30,39-42H,8,10-16H2,1-7H3/t17-,19-,20+,21-,23+,24-,25+,26+,27-,28+,29+,30+,32+,33-,34-,35-,36+,37-/m1/s1. The van der Waals surface area contributed by atoms with Gasteiger partial charge in [0.15, 0.2) is 12.6 Å². The Morgan fingerprint density at radius 3 is 2.38 bits per heavy atom. The number of aliphatic hydroxyl groups is 4. The van der Waals surface area contributed by atoms with Crippen LogP contribution in [-0.4, -0.2) is 99.7 Å². The van der Waals surface area contributed by atoms with Gasteiger partial charge < -0.3 is 48.8 Å². The molecule has 268 valence electrons. The lowest BCUT2D eigenvalue weighted by atomic mass is 9.44. The summed E-state index contributed by atoms with van der Waals surface area (Å²) in [6, 6.07) is 0. The zero-order chi connectivity index (χ0) is 34.2. The number of hydrogen-bond acceptors (Lipinski definition) is 11. The highest BCUT2D eigenvalue weighted by Gasteiger charge is 2.85. The summed E-state index contributed by atoms with van der Waals surface area (Å²) in [5.41, 5.74) is -0.191. The van der Waals surface area contributed by atoms with Crippen LogP contribution in [-0.2, 0) is 33.2 Å². The van der Waals surface area contributed by atoms with Gasteiger partial charge in [0.25, 0.3) is 0 Å². The van der Waals surface area contributed by atoms with Crippen molar-refractivity contribution in [2.24, 2.45) is 44.8 Å². The minimum atomic E-state index is -1.32. The molecule has 0 amide bonds. The predicted octanol–water partition coefficient (Wildman–Crippen LogP) is 2.95. The third-order valence-corrected chi connectivity index (χ3v) is 16.1. The number of esters is 1. The van der Waals surface area contributed by atoms with Crippen LogP contribution in [0.2, 0.25) is 0 Å². The Morgan fingerprint density at radius 1 is 0.958 bits per heavy atom. The van der Waals surface area contributed by atoms with Crippen LogP contribution in [0.25, 0.3) is 0 Å². The molecule has 18 atom stereocenters. The summed E-state index contributed by atoms with van der Waals surface area (Å²) < 4.78 is 37.8. The van der Waals surface area contributed by atoms with Crippen LogP contribution in [0.4, 0.5) is 0 Å². The van der Waals surface area contributed by atoms with Crippen LogP contribution < -0.4 is 0 Å². The van der Waals surface area contributed by atoms with Crippen molar-refractivity contribution in [1.29, 1.82) is 0 Å². The first-order valence-corrected chi connectivity index (χ1v) is 18.3. The van der Waals surface area contributed by atoms with Gasteiger partial charge in [-0.2, -0.15) is 0 Å². The lowest BCUT2D eigenvalue weighted by Gasteiger charge is -2.62. The smallest absolute Gasteiger partial charge is 0.302 e. The first kappa shape index (κ1) is 32.7. The molecular weight excluding hydrogens is 620 g/mol. The van der Waals surface area contributed by atoms with Gasteiger partial charge in [0.2, 0.25) is 5.79 Å². The van der Waals surface area contributed by atoms with Gasteiger partial charge in [-0.15, -0.1) is 0 Å². The normalized spacial score (nSPS) is 61.6. The number of aliphatic hydroxyl groups excluding tert-OH is 4. The molecule has 11 nitrogen and oxygen atoms in total. The minimum absolute atomic E-state index is 0.0364. The Balaban J connectivity index is 1.06. The van der Waals surface area contributed by atoms with E-state index in [4.69, 9.17) is 28.4 Å². The Bertz CT molecular complexity index is 1450. The zero-order valence-electron chi connectivity index (χ0n) is 29.3. The molecule has 11 heteroatoms. The van der Waals surface area contributed by atoms with E-state index < -0.39 is 42.3 Å². The van der Waals surface area contributed by atoms with Crippen molar-refractivity contribution in [2.45, 2.75) is 160 Å². The van der Waals surface area contributed by atoms with Gasteiger partial charge in [0.1, 0.15) is 36.1 Å². The zero-order valence-corrected chi connectivity index (χ0v) is 29.3. The highest BCUT2D eigenvalue weighted by atomic mass is 16.8. The molecular formula is C37H54O11. The minimum Gasteiger partial charge on any atom is -0.462 e. The van der Waals surface area contributed by atoms with Crippen LogP contribution in [0.15, 0.2) is 11.6 Å². The van der Waals surface area contributed by atoms with E-state index in [2.05, 4.69) is 40.7 Å².